The number of hydrogen-bond donors (Lipinski definition) is 1. The summed E-state index contributed by atoms with van der Waals surface area (Å²) in [6, 6.07) is 19.4. The van der Waals surface area contributed by atoms with E-state index in [1.54, 1.807) is 19.4 Å². The first-order valence-electron chi connectivity index (χ1n) is 11.0. The van der Waals surface area contributed by atoms with Crippen molar-refractivity contribution in [1.29, 1.82) is 0 Å². The molecule has 0 aromatic heterocycles. The number of hydrogen-bond acceptors (Lipinski definition) is 5. The van der Waals surface area contributed by atoms with Crippen LogP contribution in [0.25, 0.3) is 0 Å². The van der Waals surface area contributed by atoms with Gasteiger partial charge in [-0.15, -0.1) is 0 Å². The summed E-state index contributed by atoms with van der Waals surface area (Å²) in [5.74, 6) is 1.82. The van der Waals surface area contributed by atoms with Crippen LogP contribution in [0, 0.1) is 6.92 Å². The fraction of sp³-hybridized carbons (Fsp3) is 0.259. The van der Waals surface area contributed by atoms with Gasteiger partial charge in [0.25, 0.3) is 5.91 Å². The second kappa shape index (κ2) is 12.2. The van der Waals surface area contributed by atoms with Crippen molar-refractivity contribution >= 4 is 28.1 Å². The molecule has 1 amide bonds. The fourth-order valence-electron chi connectivity index (χ4n) is 3.19. The smallest absolute Gasteiger partial charge is 0.277 e. The summed E-state index contributed by atoms with van der Waals surface area (Å²) in [6.07, 6.45) is 1.54. The molecule has 0 unspecified atom stereocenters. The average molecular weight is 525 g/mol. The molecule has 0 bridgehead atoms. The van der Waals surface area contributed by atoms with Crippen LogP contribution in [-0.4, -0.2) is 25.8 Å². The number of amides is 1. The van der Waals surface area contributed by atoms with E-state index in [0.29, 0.717) is 23.9 Å². The summed E-state index contributed by atoms with van der Waals surface area (Å²) >= 11 is 3.47. The molecule has 0 saturated heterocycles. The van der Waals surface area contributed by atoms with Crippen LogP contribution in [0.5, 0.6) is 17.2 Å². The van der Waals surface area contributed by atoms with E-state index in [0.717, 1.165) is 21.2 Å². The Labute approximate surface area is 209 Å². The molecule has 0 fully saturated rings. The predicted molar refractivity (Wildman–Crippen MR) is 138 cm³/mol. The maximum Gasteiger partial charge on any atom is 0.277 e. The molecule has 3 rings (SSSR count). The zero-order chi connectivity index (χ0) is 24.5. The molecule has 0 saturated carbocycles. The normalized spacial score (nSPS) is 11.0. The Morgan fingerprint density at radius 2 is 1.74 bits per heavy atom. The topological polar surface area (TPSA) is 69.2 Å². The lowest BCUT2D eigenvalue weighted by molar-refractivity contribution is -0.123. The van der Waals surface area contributed by atoms with Crippen LogP contribution in [0.4, 0.5) is 0 Å². The van der Waals surface area contributed by atoms with E-state index in [-0.39, 0.29) is 18.4 Å². The van der Waals surface area contributed by atoms with Gasteiger partial charge in [-0.3, -0.25) is 4.79 Å². The molecule has 0 radical (unpaired) electrons. The van der Waals surface area contributed by atoms with Crippen LogP contribution in [0.3, 0.4) is 0 Å². The SMILES string of the molecule is COc1cc(/C=N/NC(=O)COc2ccc(Br)cc2C(C)C)ccc1OCc1ccc(C)cc1. The number of carbonyl (C=O) groups is 1. The molecule has 6 nitrogen and oxygen atoms in total. The number of ether oxygens (including phenoxy) is 3. The largest absolute Gasteiger partial charge is 0.493 e. The zero-order valence-electron chi connectivity index (χ0n) is 19.8. The summed E-state index contributed by atoms with van der Waals surface area (Å²) in [6.45, 7) is 6.51. The molecular formula is C27H29BrN2O4. The summed E-state index contributed by atoms with van der Waals surface area (Å²) in [5, 5.41) is 4.02. The average Bonchev–Trinajstić information content (AvgIpc) is 2.83. The predicted octanol–water partition coefficient (Wildman–Crippen LogP) is 6.00. The van der Waals surface area contributed by atoms with Gasteiger partial charge in [-0.05, 0) is 65.9 Å². The van der Waals surface area contributed by atoms with Crippen LogP contribution in [0.15, 0.2) is 70.2 Å². The molecule has 7 heteroatoms. The van der Waals surface area contributed by atoms with Gasteiger partial charge in [0.15, 0.2) is 18.1 Å². The van der Waals surface area contributed by atoms with E-state index in [1.807, 2.05) is 42.5 Å². The van der Waals surface area contributed by atoms with Gasteiger partial charge in [-0.25, -0.2) is 5.43 Å². The molecule has 3 aromatic rings. The molecule has 1 N–H and O–H groups in total. The first-order valence-corrected chi connectivity index (χ1v) is 11.8. The monoisotopic (exact) mass is 524 g/mol. The van der Waals surface area contributed by atoms with Gasteiger partial charge in [0.2, 0.25) is 0 Å². The van der Waals surface area contributed by atoms with Gasteiger partial charge in [-0.1, -0.05) is 59.6 Å². The number of hydrazone groups is 1. The Bertz CT molecular complexity index is 1140. The molecule has 0 atom stereocenters. The maximum atomic E-state index is 12.2. The van der Waals surface area contributed by atoms with Crippen LogP contribution >= 0.6 is 15.9 Å². The number of halogens is 1. The number of carbonyl (C=O) groups excluding carboxylic acids is 1. The highest BCUT2D eigenvalue weighted by Gasteiger charge is 2.11. The molecule has 3 aromatic carbocycles. The van der Waals surface area contributed by atoms with Gasteiger partial charge in [-0.2, -0.15) is 5.10 Å². The number of benzene rings is 3. The molecule has 0 aliphatic rings. The standard InChI is InChI=1S/C27H29BrN2O4/c1-18(2)23-14-22(28)10-12-24(23)34-17-27(31)30-29-15-21-9-11-25(26(13-21)32-4)33-16-20-7-5-19(3)6-8-20/h5-15,18H,16-17H2,1-4H3,(H,30,31)/b29-15+. The number of nitrogens with one attached hydrogen (secondary N) is 1. The highest BCUT2D eigenvalue weighted by molar-refractivity contribution is 9.10. The highest BCUT2D eigenvalue weighted by Crippen LogP contribution is 2.30. The Kier molecular flexibility index (Phi) is 9.10. The summed E-state index contributed by atoms with van der Waals surface area (Å²) in [4.78, 5) is 12.2. The van der Waals surface area contributed by atoms with Crippen molar-refractivity contribution in [3.05, 3.63) is 87.4 Å². The third kappa shape index (κ3) is 7.35. The van der Waals surface area contributed by atoms with E-state index < -0.39 is 0 Å². The minimum Gasteiger partial charge on any atom is -0.493 e. The molecule has 0 heterocycles. The second-order valence-corrected chi connectivity index (χ2v) is 9.02. The lowest BCUT2D eigenvalue weighted by atomic mass is 10.0. The fourth-order valence-corrected chi connectivity index (χ4v) is 3.56. The Morgan fingerprint density at radius 3 is 2.44 bits per heavy atom. The Morgan fingerprint density at radius 1 is 1.00 bits per heavy atom. The minimum absolute atomic E-state index is 0.131. The quantitative estimate of drug-likeness (QED) is 0.261. The maximum absolute atomic E-state index is 12.2. The molecule has 0 aliphatic heterocycles. The summed E-state index contributed by atoms with van der Waals surface area (Å²) in [7, 11) is 1.58. The van der Waals surface area contributed by atoms with E-state index in [1.165, 1.54) is 5.56 Å². The van der Waals surface area contributed by atoms with Crippen molar-refractivity contribution in [2.24, 2.45) is 5.10 Å². The molecule has 0 spiro atoms. The van der Waals surface area contributed by atoms with Crippen LogP contribution in [0.2, 0.25) is 0 Å². The van der Waals surface area contributed by atoms with Gasteiger partial charge >= 0.3 is 0 Å². The molecule has 0 aliphatic carbocycles. The molecule has 34 heavy (non-hydrogen) atoms. The van der Waals surface area contributed by atoms with E-state index >= 15 is 0 Å². The molecular weight excluding hydrogens is 496 g/mol. The van der Waals surface area contributed by atoms with Crippen LogP contribution < -0.4 is 19.6 Å². The third-order valence-electron chi connectivity index (χ3n) is 5.06. The van der Waals surface area contributed by atoms with E-state index in [2.05, 4.69) is 59.4 Å². The van der Waals surface area contributed by atoms with Crippen molar-refractivity contribution in [2.75, 3.05) is 13.7 Å². The highest BCUT2D eigenvalue weighted by atomic mass is 79.9. The summed E-state index contributed by atoms with van der Waals surface area (Å²) < 4.78 is 18.0. The first-order chi connectivity index (χ1) is 16.4. The van der Waals surface area contributed by atoms with Crippen molar-refractivity contribution in [3.8, 4) is 17.2 Å². The van der Waals surface area contributed by atoms with E-state index in [4.69, 9.17) is 14.2 Å². The lowest BCUT2D eigenvalue weighted by Gasteiger charge is -2.14. The van der Waals surface area contributed by atoms with Gasteiger partial charge < -0.3 is 14.2 Å². The number of rotatable bonds is 10. The second-order valence-electron chi connectivity index (χ2n) is 8.10. The Hall–Kier alpha value is -3.32. The summed E-state index contributed by atoms with van der Waals surface area (Å²) in [5.41, 5.74) is 6.56. The molecule has 178 valence electrons. The minimum atomic E-state index is -0.348. The zero-order valence-corrected chi connectivity index (χ0v) is 21.4. The van der Waals surface area contributed by atoms with Gasteiger partial charge in [0.05, 0.1) is 13.3 Å². The number of aryl methyl sites for hydroxylation is 1. The van der Waals surface area contributed by atoms with Crippen molar-refractivity contribution < 1.29 is 19.0 Å². The Balaban J connectivity index is 1.54. The van der Waals surface area contributed by atoms with Crippen LogP contribution in [0.1, 0.15) is 42.0 Å². The third-order valence-corrected chi connectivity index (χ3v) is 5.55. The van der Waals surface area contributed by atoms with Crippen LogP contribution in [-0.2, 0) is 11.4 Å². The first kappa shape index (κ1) is 25.3. The van der Waals surface area contributed by atoms with E-state index in [9.17, 15) is 4.79 Å². The van der Waals surface area contributed by atoms with Crippen molar-refractivity contribution in [2.45, 2.75) is 33.3 Å². The van der Waals surface area contributed by atoms with Crippen molar-refractivity contribution in [1.82, 2.24) is 5.43 Å². The number of nitrogens with zero attached hydrogens (tertiary/aromatic N) is 1. The van der Waals surface area contributed by atoms with Gasteiger partial charge in [0.1, 0.15) is 12.4 Å². The van der Waals surface area contributed by atoms with Crippen molar-refractivity contribution in [3.63, 3.8) is 0 Å². The lowest BCUT2D eigenvalue weighted by Crippen LogP contribution is -2.24. The van der Waals surface area contributed by atoms with Gasteiger partial charge in [0, 0.05) is 4.47 Å². The number of methoxy groups -OCH3 is 1.